The molecule has 0 radical (unpaired) electrons. The summed E-state index contributed by atoms with van der Waals surface area (Å²) < 4.78 is 0. The van der Waals surface area contributed by atoms with Crippen molar-refractivity contribution in [2.24, 2.45) is 0 Å². The molecule has 3 nitrogen and oxygen atoms in total. The zero-order valence-electron chi connectivity index (χ0n) is 14.2. The van der Waals surface area contributed by atoms with E-state index in [9.17, 15) is 4.79 Å². The number of thiophene rings is 1. The summed E-state index contributed by atoms with van der Waals surface area (Å²) in [6.07, 6.45) is 5.72. The van der Waals surface area contributed by atoms with Crippen molar-refractivity contribution in [1.82, 2.24) is 10.2 Å². The fourth-order valence-corrected chi connectivity index (χ4v) is 4.23. The number of hydrogen-bond donors (Lipinski definition) is 1. The molecule has 0 atom stereocenters. The van der Waals surface area contributed by atoms with Crippen LogP contribution >= 0.6 is 22.9 Å². The number of piperidine rings is 1. The van der Waals surface area contributed by atoms with Crippen LogP contribution in [0.1, 0.15) is 29.2 Å². The van der Waals surface area contributed by atoms with Crippen LogP contribution in [-0.2, 0) is 4.79 Å². The van der Waals surface area contributed by atoms with Gasteiger partial charge in [-0.3, -0.25) is 4.79 Å². The summed E-state index contributed by atoms with van der Waals surface area (Å²) in [4.78, 5) is 15.9. The van der Waals surface area contributed by atoms with E-state index in [4.69, 9.17) is 11.6 Å². The van der Waals surface area contributed by atoms with Crippen molar-refractivity contribution in [3.8, 4) is 0 Å². The Hall–Kier alpha value is -1.62. The van der Waals surface area contributed by atoms with Gasteiger partial charge in [-0.25, -0.2) is 0 Å². The summed E-state index contributed by atoms with van der Waals surface area (Å²) in [6, 6.07) is 11.9. The molecular formula is C20H23ClN2OS. The zero-order chi connectivity index (χ0) is 17.5. The van der Waals surface area contributed by atoms with E-state index in [1.807, 2.05) is 35.6 Å². The van der Waals surface area contributed by atoms with E-state index < -0.39 is 0 Å². The smallest absolute Gasteiger partial charge is 0.244 e. The lowest BCUT2D eigenvalue weighted by atomic mass is 9.95. The molecule has 25 heavy (non-hydrogen) atoms. The van der Waals surface area contributed by atoms with Crippen LogP contribution < -0.4 is 5.32 Å². The molecule has 1 aliphatic rings. The molecule has 1 aromatic carbocycles. The third-order valence-electron chi connectivity index (χ3n) is 4.58. The summed E-state index contributed by atoms with van der Waals surface area (Å²) in [6.45, 7) is 3.79. The molecule has 1 N–H and O–H groups in total. The summed E-state index contributed by atoms with van der Waals surface area (Å²) in [7, 11) is 0. The molecule has 0 unspecified atom stereocenters. The van der Waals surface area contributed by atoms with Crippen molar-refractivity contribution >= 4 is 34.9 Å². The van der Waals surface area contributed by atoms with E-state index in [1.54, 1.807) is 12.2 Å². The maximum Gasteiger partial charge on any atom is 0.244 e. The van der Waals surface area contributed by atoms with Gasteiger partial charge in [-0.15, -0.1) is 11.3 Å². The number of nitrogens with zero attached hydrogens (tertiary/aromatic N) is 1. The second-order valence-electron chi connectivity index (χ2n) is 6.28. The lowest BCUT2D eigenvalue weighted by molar-refractivity contribution is -0.116. The third kappa shape index (κ3) is 5.43. The van der Waals surface area contributed by atoms with E-state index in [0.29, 0.717) is 17.5 Å². The molecule has 132 valence electrons. The fourth-order valence-electron chi connectivity index (χ4n) is 3.14. The van der Waals surface area contributed by atoms with Gasteiger partial charge in [0.15, 0.2) is 0 Å². The Balaban J connectivity index is 1.36. The van der Waals surface area contributed by atoms with Gasteiger partial charge in [0.2, 0.25) is 5.91 Å². The van der Waals surface area contributed by atoms with Crippen molar-refractivity contribution < 1.29 is 4.79 Å². The fraction of sp³-hybridized carbons (Fsp3) is 0.350. The summed E-state index contributed by atoms with van der Waals surface area (Å²) >= 11 is 7.94. The first kappa shape index (κ1) is 18.2. The van der Waals surface area contributed by atoms with Crippen LogP contribution in [0.4, 0.5) is 0 Å². The normalized spacial score (nSPS) is 16.4. The summed E-state index contributed by atoms with van der Waals surface area (Å²) in [5.74, 6) is 0.637. The maximum atomic E-state index is 11.9. The molecule has 2 heterocycles. The molecule has 0 aliphatic carbocycles. The quantitative estimate of drug-likeness (QED) is 0.759. The Labute approximate surface area is 158 Å². The van der Waals surface area contributed by atoms with Crippen LogP contribution in [0.3, 0.4) is 0 Å². The predicted octanol–water partition coefficient (Wildman–Crippen LogP) is 4.41. The van der Waals surface area contributed by atoms with Gasteiger partial charge in [0.05, 0.1) is 0 Å². The molecule has 0 bridgehead atoms. The monoisotopic (exact) mass is 374 g/mol. The largest absolute Gasteiger partial charge is 0.351 e. The predicted molar refractivity (Wildman–Crippen MR) is 106 cm³/mol. The minimum absolute atomic E-state index is 0.0756. The molecule has 3 rings (SSSR count). The molecular weight excluding hydrogens is 352 g/mol. The molecule has 5 heteroatoms. The molecule has 2 aromatic rings. The van der Waals surface area contributed by atoms with Crippen LogP contribution in [0.15, 0.2) is 47.9 Å². The van der Waals surface area contributed by atoms with Gasteiger partial charge in [-0.2, -0.15) is 0 Å². The first-order valence-corrected chi connectivity index (χ1v) is 9.94. The van der Waals surface area contributed by atoms with Crippen molar-refractivity contribution in [1.29, 1.82) is 0 Å². The number of rotatable bonds is 6. The highest BCUT2D eigenvalue weighted by molar-refractivity contribution is 7.10. The van der Waals surface area contributed by atoms with Crippen molar-refractivity contribution in [2.75, 3.05) is 26.2 Å². The van der Waals surface area contributed by atoms with Crippen LogP contribution in [0.5, 0.6) is 0 Å². The van der Waals surface area contributed by atoms with Crippen LogP contribution in [-0.4, -0.2) is 37.0 Å². The van der Waals surface area contributed by atoms with E-state index in [2.05, 4.69) is 27.7 Å². The lowest BCUT2D eigenvalue weighted by Crippen LogP contribution is -2.38. The summed E-state index contributed by atoms with van der Waals surface area (Å²) in [5.41, 5.74) is 0.856. The Morgan fingerprint density at radius 1 is 1.24 bits per heavy atom. The van der Waals surface area contributed by atoms with Crippen LogP contribution in [0.25, 0.3) is 6.08 Å². The zero-order valence-corrected chi connectivity index (χ0v) is 15.7. The second-order valence-corrected chi connectivity index (χ2v) is 7.66. The van der Waals surface area contributed by atoms with E-state index in [0.717, 1.165) is 25.2 Å². The van der Waals surface area contributed by atoms with Crippen molar-refractivity contribution in [3.63, 3.8) is 0 Å². The number of nitrogens with one attached hydrogen (secondary N) is 1. The lowest BCUT2D eigenvalue weighted by Gasteiger charge is -2.31. The van der Waals surface area contributed by atoms with Crippen molar-refractivity contribution in [2.45, 2.75) is 18.8 Å². The Kier molecular flexibility index (Phi) is 6.68. The van der Waals surface area contributed by atoms with Crippen LogP contribution in [0, 0.1) is 0 Å². The van der Waals surface area contributed by atoms with E-state index in [1.165, 1.54) is 17.7 Å². The highest BCUT2D eigenvalue weighted by Crippen LogP contribution is 2.30. The Bertz CT molecular complexity index is 706. The van der Waals surface area contributed by atoms with Gasteiger partial charge in [-0.05, 0) is 61.0 Å². The van der Waals surface area contributed by atoms with Gasteiger partial charge in [0.25, 0.3) is 0 Å². The third-order valence-corrected chi connectivity index (χ3v) is 5.96. The highest BCUT2D eigenvalue weighted by atomic mass is 35.5. The molecule has 0 spiro atoms. The number of benzene rings is 1. The first-order chi connectivity index (χ1) is 12.2. The molecule has 1 aromatic heterocycles. The van der Waals surface area contributed by atoms with Gasteiger partial charge in [0.1, 0.15) is 0 Å². The first-order valence-electron chi connectivity index (χ1n) is 8.68. The van der Waals surface area contributed by atoms with Crippen molar-refractivity contribution in [3.05, 3.63) is 63.3 Å². The van der Waals surface area contributed by atoms with E-state index >= 15 is 0 Å². The number of carbonyl (C=O) groups excluding carboxylic acids is 1. The average Bonchev–Trinajstić information content (AvgIpc) is 3.16. The maximum absolute atomic E-state index is 11.9. The number of amides is 1. The Morgan fingerprint density at radius 3 is 2.76 bits per heavy atom. The minimum atomic E-state index is -0.0756. The van der Waals surface area contributed by atoms with Gasteiger partial charge >= 0.3 is 0 Å². The van der Waals surface area contributed by atoms with Gasteiger partial charge in [-0.1, -0.05) is 35.9 Å². The topological polar surface area (TPSA) is 32.3 Å². The van der Waals surface area contributed by atoms with Gasteiger partial charge < -0.3 is 10.2 Å². The number of hydrogen-bond acceptors (Lipinski definition) is 3. The van der Waals surface area contributed by atoms with Gasteiger partial charge in [0, 0.05) is 29.1 Å². The molecule has 1 fully saturated rings. The SMILES string of the molecule is O=C(/C=C/c1ccccc1Cl)NCCN1CCC(c2cccs2)CC1. The second kappa shape index (κ2) is 9.18. The minimum Gasteiger partial charge on any atom is -0.351 e. The van der Waals surface area contributed by atoms with Crippen LogP contribution in [0.2, 0.25) is 5.02 Å². The molecule has 1 saturated heterocycles. The summed E-state index contributed by atoms with van der Waals surface area (Å²) in [5, 5.41) is 5.76. The number of halogens is 1. The molecule has 1 amide bonds. The standard InChI is InChI=1S/C20H23ClN2OS/c21-18-5-2-1-4-16(18)7-8-20(24)22-11-14-23-12-9-17(10-13-23)19-6-3-15-25-19/h1-8,15,17H,9-14H2,(H,22,24)/b8-7+. The number of carbonyl (C=O) groups is 1. The number of likely N-dealkylation sites (tertiary alicyclic amines) is 1. The molecule has 1 aliphatic heterocycles. The molecule has 0 saturated carbocycles. The Morgan fingerprint density at radius 2 is 2.04 bits per heavy atom. The highest BCUT2D eigenvalue weighted by Gasteiger charge is 2.20. The average molecular weight is 375 g/mol. The van der Waals surface area contributed by atoms with E-state index in [-0.39, 0.29) is 5.91 Å².